The van der Waals surface area contributed by atoms with Crippen LogP contribution in [0.25, 0.3) is 0 Å². The van der Waals surface area contributed by atoms with Crippen molar-refractivity contribution in [2.24, 2.45) is 0 Å². The van der Waals surface area contributed by atoms with Gasteiger partial charge in [-0.3, -0.25) is 4.79 Å². The van der Waals surface area contributed by atoms with Crippen molar-refractivity contribution in [1.29, 1.82) is 0 Å². The summed E-state index contributed by atoms with van der Waals surface area (Å²) in [6.45, 7) is 5.49. The van der Waals surface area contributed by atoms with Crippen LogP contribution in [0.3, 0.4) is 0 Å². The van der Waals surface area contributed by atoms with Crippen LogP contribution in [0.15, 0.2) is 28.8 Å². The van der Waals surface area contributed by atoms with Crippen molar-refractivity contribution in [2.75, 3.05) is 33.7 Å². The zero-order valence-corrected chi connectivity index (χ0v) is 18.7. The van der Waals surface area contributed by atoms with E-state index in [1.807, 2.05) is 17.0 Å². The topological polar surface area (TPSA) is 87.0 Å². The van der Waals surface area contributed by atoms with Gasteiger partial charge in [0.05, 0.1) is 5.69 Å². The van der Waals surface area contributed by atoms with Gasteiger partial charge in [0.15, 0.2) is 0 Å². The van der Waals surface area contributed by atoms with Crippen LogP contribution < -0.4 is 0 Å². The molecule has 2 aliphatic rings. The van der Waals surface area contributed by atoms with Gasteiger partial charge >= 0.3 is 0 Å². The van der Waals surface area contributed by atoms with Gasteiger partial charge < -0.3 is 9.42 Å². The number of rotatable bonds is 3. The molecule has 2 aromatic rings. The summed E-state index contributed by atoms with van der Waals surface area (Å²) >= 11 is 0. The highest BCUT2D eigenvalue weighted by molar-refractivity contribution is 7.86. The Kier molecular flexibility index (Phi) is 5.24. The van der Waals surface area contributed by atoms with Crippen molar-refractivity contribution < 1.29 is 17.7 Å². The van der Waals surface area contributed by atoms with E-state index in [1.54, 1.807) is 27.9 Å². The number of nitrogens with zero attached hydrogens (tertiary/aromatic N) is 4. The van der Waals surface area contributed by atoms with E-state index >= 15 is 0 Å². The van der Waals surface area contributed by atoms with Crippen LogP contribution in [-0.2, 0) is 22.2 Å². The number of amides is 1. The van der Waals surface area contributed by atoms with Crippen LogP contribution in [0.1, 0.15) is 45.8 Å². The van der Waals surface area contributed by atoms with Gasteiger partial charge in [0.25, 0.3) is 16.1 Å². The van der Waals surface area contributed by atoms with Crippen LogP contribution in [0, 0.1) is 13.8 Å². The summed E-state index contributed by atoms with van der Waals surface area (Å²) < 4.78 is 33.2. The van der Waals surface area contributed by atoms with E-state index in [9.17, 15) is 13.2 Å². The van der Waals surface area contributed by atoms with Crippen LogP contribution in [0.5, 0.6) is 0 Å². The Morgan fingerprint density at radius 1 is 1.17 bits per heavy atom. The average molecular weight is 433 g/mol. The van der Waals surface area contributed by atoms with E-state index < -0.39 is 10.2 Å². The van der Waals surface area contributed by atoms with Crippen molar-refractivity contribution in [3.8, 4) is 0 Å². The fourth-order valence-electron chi connectivity index (χ4n) is 4.78. The Hall–Kier alpha value is -2.23. The molecule has 162 valence electrons. The highest BCUT2D eigenvalue weighted by Crippen LogP contribution is 2.42. The number of carbonyl (C=O) groups excluding carboxylic acids is 1. The molecule has 1 fully saturated rings. The molecule has 4 rings (SSSR count). The molecule has 0 bridgehead atoms. The third kappa shape index (κ3) is 3.34. The van der Waals surface area contributed by atoms with Gasteiger partial charge in [-0.2, -0.15) is 17.0 Å². The number of hydrogen-bond donors (Lipinski definition) is 0. The molecular weight excluding hydrogens is 404 g/mol. The minimum Gasteiger partial charge on any atom is -0.361 e. The summed E-state index contributed by atoms with van der Waals surface area (Å²) in [5.41, 5.74) is 3.21. The first kappa shape index (κ1) is 21.0. The molecule has 0 saturated carbocycles. The fourth-order valence-corrected chi connectivity index (χ4v) is 5.89. The number of fused-ring (bicyclic) bond motifs is 2. The Morgan fingerprint density at radius 3 is 2.43 bits per heavy atom. The summed E-state index contributed by atoms with van der Waals surface area (Å²) in [4.78, 5) is 15.2. The second kappa shape index (κ2) is 7.47. The molecule has 8 nitrogen and oxygen atoms in total. The maximum absolute atomic E-state index is 13.4. The summed E-state index contributed by atoms with van der Waals surface area (Å²) in [6.07, 6.45) is 1.34. The summed E-state index contributed by atoms with van der Waals surface area (Å²) in [7, 11) is -0.333. The zero-order chi connectivity index (χ0) is 21.7. The molecule has 1 saturated heterocycles. The average Bonchev–Trinajstić information content (AvgIpc) is 3.06. The molecule has 0 N–H and O–H groups in total. The number of hydrogen-bond acceptors (Lipinski definition) is 5. The Bertz CT molecular complexity index is 1050. The summed E-state index contributed by atoms with van der Waals surface area (Å²) in [6, 6.07) is 8.20. The van der Waals surface area contributed by atoms with Crippen molar-refractivity contribution in [1.82, 2.24) is 18.7 Å². The number of carbonyl (C=O) groups is 1. The minimum absolute atomic E-state index is 0.0801. The third-order valence-corrected chi connectivity index (χ3v) is 8.39. The summed E-state index contributed by atoms with van der Waals surface area (Å²) in [5.74, 6) is 0.445. The number of aromatic nitrogens is 1. The normalized spacial score (nSPS) is 19.3. The van der Waals surface area contributed by atoms with Gasteiger partial charge in [-0.25, -0.2) is 0 Å². The van der Waals surface area contributed by atoms with Gasteiger partial charge in [0, 0.05) is 45.7 Å². The molecule has 0 aliphatic carbocycles. The van der Waals surface area contributed by atoms with Gasteiger partial charge in [-0.1, -0.05) is 29.4 Å². The predicted octanol–water partition coefficient (Wildman–Crippen LogP) is 2.09. The second-order valence-corrected chi connectivity index (χ2v) is 10.6. The van der Waals surface area contributed by atoms with Crippen molar-refractivity contribution in [3.63, 3.8) is 0 Å². The SMILES string of the molecule is Cc1noc(C)c1C(=O)N1Cc2ccccc2C2(CCN(S(=O)(=O)N(C)C)CC2)C1. The monoisotopic (exact) mass is 432 g/mol. The van der Waals surface area contributed by atoms with Crippen LogP contribution >= 0.6 is 0 Å². The largest absolute Gasteiger partial charge is 0.361 e. The highest BCUT2D eigenvalue weighted by atomic mass is 32.2. The quantitative estimate of drug-likeness (QED) is 0.741. The van der Waals surface area contributed by atoms with Crippen molar-refractivity contribution >= 4 is 16.1 Å². The predicted molar refractivity (Wildman–Crippen MR) is 112 cm³/mol. The second-order valence-electron chi connectivity index (χ2n) is 8.49. The molecule has 0 unspecified atom stereocenters. The lowest BCUT2D eigenvalue weighted by atomic mass is 9.69. The maximum Gasteiger partial charge on any atom is 0.281 e. The first-order valence-electron chi connectivity index (χ1n) is 10.1. The van der Waals surface area contributed by atoms with E-state index in [0.29, 0.717) is 56.0 Å². The number of piperidine rings is 1. The molecule has 1 aromatic heterocycles. The molecule has 30 heavy (non-hydrogen) atoms. The van der Waals surface area contributed by atoms with E-state index in [-0.39, 0.29) is 11.3 Å². The molecular formula is C21H28N4O4S. The molecule has 0 atom stereocenters. The molecule has 1 spiro atoms. The Labute approximate surface area is 177 Å². The molecule has 1 amide bonds. The van der Waals surface area contributed by atoms with E-state index in [2.05, 4.69) is 17.3 Å². The first-order valence-corrected chi connectivity index (χ1v) is 11.5. The fraction of sp³-hybridized carbons (Fsp3) is 0.524. The van der Waals surface area contributed by atoms with Gasteiger partial charge in [-0.15, -0.1) is 0 Å². The summed E-state index contributed by atoms with van der Waals surface area (Å²) in [5, 5.41) is 3.93. The molecule has 9 heteroatoms. The van der Waals surface area contributed by atoms with Crippen molar-refractivity contribution in [3.05, 3.63) is 52.4 Å². The van der Waals surface area contributed by atoms with Crippen LogP contribution in [-0.4, -0.2) is 66.7 Å². The highest BCUT2D eigenvalue weighted by Gasteiger charge is 2.45. The van der Waals surface area contributed by atoms with E-state index in [1.165, 1.54) is 14.2 Å². The van der Waals surface area contributed by atoms with Gasteiger partial charge in [-0.05, 0) is 37.8 Å². The molecule has 0 radical (unpaired) electrons. The minimum atomic E-state index is -3.44. The molecule has 2 aliphatic heterocycles. The lowest BCUT2D eigenvalue weighted by Crippen LogP contribution is -2.55. The zero-order valence-electron chi connectivity index (χ0n) is 17.9. The smallest absolute Gasteiger partial charge is 0.281 e. The third-order valence-electron chi connectivity index (χ3n) is 6.45. The lowest BCUT2D eigenvalue weighted by Gasteiger charge is -2.48. The molecule has 1 aromatic carbocycles. The van der Waals surface area contributed by atoms with E-state index in [4.69, 9.17) is 4.52 Å². The van der Waals surface area contributed by atoms with Crippen LogP contribution in [0.2, 0.25) is 0 Å². The van der Waals surface area contributed by atoms with Crippen LogP contribution in [0.4, 0.5) is 0 Å². The molecule has 3 heterocycles. The van der Waals surface area contributed by atoms with Crippen molar-refractivity contribution in [2.45, 2.75) is 38.6 Å². The van der Waals surface area contributed by atoms with Gasteiger partial charge in [0.1, 0.15) is 11.3 Å². The number of benzene rings is 1. The first-order chi connectivity index (χ1) is 14.2. The Balaban J connectivity index is 1.66. The maximum atomic E-state index is 13.4. The lowest BCUT2D eigenvalue weighted by molar-refractivity contribution is 0.0616. The number of aryl methyl sites for hydroxylation is 2. The van der Waals surface area contributed by atoms with Gasteiger partial charge in [0.2, 0.25) is 0 Å². The standard InChI is InChI=1S/C21H28N4O4S/c1-15-19(16(2)29-22-15)20(26)24-13-17-7-5-6-8-18(17)21(14-24)9-11-25(12-10-21)30(27,28)23(3)4/h5-8H,9-14H2,1-4H3. The Morgan fingerprint density at radius 2 is 1.83 bits per heavy atom. The van der Waals surface area contributed by atoms with E-state index in [0.717, 1.165) is 5.56 Å².